The van der Waals surface area contributed by atoms with Gasteiger partial charge >= 0.3 is 6.03 Å². The van der Waals surface area contributed by atoms with E-state index in [1.54, 1.807) is 13.8 Å². The van der Waals surface area contributed by atoms with Crippen LogP contribution in [0.15, 0.2) is 20.0 Å². The van der Waals surface area contributed by atoms with Crippen molar-refractivity contribution < 1.29 is 9.90 Å². The van der Waals surface area contributed by atoms with Crippen LogP contribution in [0.5, 0.6) is 0 Å². The number of carbonyl (C=O) groups is 1. The largest absolute Gasteiger partial charge is 0.386 e. The molecule has 1 aliphatic carbocycles. The van der Waals surface area contributed by atoms with Crippen LogP contribution in [-0.2, 0) is 29.3 Å². The van der Waals surface area contributed by atoms with Crippen molar-refractivity contribution in [1.82, 2.24) is 4.98 Å². The SMILES string of the molecule is Cc1nc2c(c(NC(=O)/N=S(/N)c3cc(C(C)(C)O)cs3)c1C(C)C)CCC2. The molecule has 152 valence electrons. The molecule has 28 heavy (non-hydrogen) atoms. The summed E-state index contributed by atoms with van der Waals surface area (Å²) in [6.45, 7) is 9.65. The molecular weight excluding hydrogens is 392 g/mol. The van der Waals surface area contributed by atoms with Crippen molar-refractivity contribution in [3.05, 3.63) is 39.5 Å². The van der Waals surface area contributed by atoms with Crippen molar-refractivity contribution >= 4 is 33.9 Å². The zero-order chi connectivity index (χ0) is 20.6. The van der Waals surface area contributed by atoms with Gasteiger partial charge in [0.15, 0.2) is 0 Å². The number of nitrogens with zero attached hydrogens (tertiary/aromatic N) is 2. The number of thiophene rings is 1. The van der Waals surface area contributed by atoms with Gasteiger partial charge in [-0.3, -0.25) is 10.1 Å². The van der Waals surface area contributed by atoms with Gasteiger partial charge in [0.25, 0.3) is 0 Å². The molecule has 8 heteroatoms. The average molecular weight is 421 g/mol. The molecule has 2 aromatic rings. The third-order valence-electron chi connectivity index (χ3n) is 4.93. The summed E-state index contributed by atoms with van der Waals surface area (Å²) < 4.78 is 4.93. The summed E-state index contributed by atoms with van der Waals surface area (Å²) in [5.41, 5.74) is 4.95. The van der Waals surface area contributed by atoms with Crippen molar-refractivity contribution in [2.45, 2.75) is 69.6 Å². The Labute approximate surface area is 172 Å². The fraction of sp³-hybridized carbons (Fsp3) is 0.500. The first-order chi connectivity index (χ1) is 13.1. The van der Waals surface area contributed by atoms with Gasteiger partial charge in [0.2, 0.25) is 0 Å². The predicted molar refractivity (Wildman–Crippen MR) is 116 cm³/mol. The molecule has 0 aromatic carbocycles. The lowest BCUT2D eigenvalue weighted by atomic mass is 9.96. The number of hydrogen-bond donors (Lipinski definition) is 3. The molecular formula is C20H28N4O2S2. The number of carbonyl (C=O) groups excluding carboxylic acids is 1. The third kappa shape index (κ3) is 4.35. The van der Waals surface area contributed by atoms with Gasteiger partial charge in [-0.15, -0.1) is 11.3 Å². The first kappa shape index (κ1) is 21.1. The quantitative estimate of drug-likeness (QED) is 0.675. The standard InChI is InChI=1S/C20H28N4O2S2/c1-11(2)17-12(3)22-15-8-6-7-14(15)18(17)23-19(25)24-28(21)16-9-13(10-27-16)20(4,5)26/h9-11,26H,6-8H2,1-5H3,(H3,21,22,23,24,25). The molecule has 2 aromatic heterocycles. The Morgan fingerprint density at radius 3 is 2.75 bits per heavy atom. The molecule has 1 aliphatic rings. The summed E-state index contributed by atoms with van der Waals surface area (Å²) in [7, 11) is -1.07. The molecule has 6 nitrogen and oxygen atoms in total. The third-order valence-corrected chi connectivity index (χ3v) is 7.35. The Bertz CT molecular complexity index is 942. The highest BCUT2D eigenvalue weighted by atomic mass is 32.2. The van der Waals surface area contributed by atoms with E-state index >= 15 is 0 Å². The van der Waals surface area contributed by atoms with E-state index < -0.39 is 22.5 Å². The van der Waals surface area contributed by atoms with Crippen LogP contribution in [0.4, 0.5) is 10.5 Å². The van der Waals surface area contributed by atoms with E-state index in [0.29, 0.717) is 0 Å². The molecule has 1 atom stereocenters. The predicted octanol–water partition coefficient (Wildman–Crippen LogP) is 4.56. The van der Waals surface area contributed by atoms with Crippen LogP contribution < -0.4 is 10.5 Å². The zero-order valence-corrected chi connectivity index (χ0v) is 18.6. The van der Waals surface area contributed by atoms with Gasteiger partial charge in [0, 0.05) is 22.3 Å². The minimum absolute atomic E-state index is 0.247. The van der Waals surface area contributed by atoms with E-state index in [2.05, 4.69) is 23.5 Å². The monoisotopic (exact) mass is 420 g/mol. The van der Waals surface area contributed by atoms with E-state index in [4.69, 9.17) is 10.1 Å². The van der Waals surface area contributed by atoms with E-state index in [0.717, 1.165) is 57.2 Å². The number of aromatic nitrogens is 1. The van der Waals surface area contributed by atoms with Gasteiger partial charge in [0.05, 0.1) is 15.5 Å². The van der Waals surface area contributed by atoms with Crippen molar-refractivity contribution in [3.8, 4) is 0 Å². The second-order valence-corrected chi connectivity index (χ2v) is 10.4. The lowest BCUT2D eigenvalue weighted by Crippen LogP contribution is -2.16. The molecule has 2 heterocycles. The number of hydrogen-bond acceptors (Lipinski definition) is 4. The second-order valence-electron chi connectivity index (χ2n) is 7.97. The lowest BCUT2D eigenvalue weighted by Gasteiger charge is -2.19. The van der Waals surface area contributed by atoms with Crippen LogP contribution in [0.2, 0.25) is 0 Å². The summed E-state index contributed by atoms with van der Waals surface area (Å²) in [5.74, 6) is 0.247. The van der Waals surface area contributed by atoms with Gasteiger partial charge in [-0.1, -0.05) is 13.8 Å². The van der Waals surface area contributed by atoms with Gasteiger partial charge in [-0.05, 0) is 74.1 Å². The Balaban J connectivity index is 1.89. The fourth-order valence-electron chi connectivity index (χ4n) is 3.59. The highest BCUT2D eigenvalue weighted by molar-refractivity contribution is 7.87. The summed E-state index contributed by atoms with van der Waals surface area (Å²) in [6, 6.07) is 1.38. The van der Waals surface area contributed by atoms with Gasteiger partial charge in [0.1, 0.15) is 0 Å². The van der Waals surface area contributed by atoms with Crippen molar-refractivity contribution in [3.63, 3.8) is 0 Å². The Morgan fingerprint density at radius 2 is 2.14 bits per heavy atom. The Kier molecular flexibility index (Phi) is 6.05. The van der Waals surface area contributed by atoms with Gasteiger partial charge < -0.3 is 10.4 Å². The molecule has 0 aliphatic heterocycles. The maximum absolute atomic E-state index is 12.7. The molecule has 0 spiro atoms. The molecule has 0 radical (unpaired) electrons. The van der Waals surface area contributed by atoms with E-state index in [-0.39, 0.29) is 5.92 Å². The Morgan fingerprint density at radius 1 is 1.43 bits per heavy atom. The van der Waals surface area contributed by atoms with Gasteiger partial charge in [-0.2, -0.15) is 4.36 Å². The number of fused-ring (bicyclic) bond motifs is 1. The smallest absolute Gasteiger partial charge is 0.352 e. The average Bonchev–Trinajstić information content (AvgIpc) is 3.22. The number of rotatable bonds is 4. The first-order valence-electron chi connectivity index (χ1n) is 9.43. The first-order valence-corrected chi connectivity index (χ1v) is 11.6. The number of amides is 2. The summed E-state index contributed by atoms with van der Waals surface area (Å²) in [5, 5.41) is 21.1. The van der Waals surface area contributed by atoms with E-state index in [9.17, 15) is 9.90 Å². The molecule has 0 saturated carbocycles. The van der Waals surface area contributed by atoms with Crippen molar-refractivity contribution in [2.24, 2.45) is 9.50 Å². The normalized spacial score (nSPS) is 15.1. The van der Waals surface area contributed by atoms with E-state index in [1.807, 2.05) is 18.4 Å². The van der Waals surface area contributed by atoms with E-state index in [1.165, 1.54) is 11.3 Å². The molecule has 0 saturated heterocycles. The number of pyridine rings is 1. The van der Waals surface area contributed by atoms with Crippen LogP contribution in [-0.4, -0.2) is 16.1 Å². The minimum Gasteiger partial charge on any atom is -0.386 e. The summed E-state index contributed by atoms with van der Waals surface area (Å²) in [6.07, 6.45) is 2.93. The highest BCUT2D eigenvalue weighted by Crippen LogP contribution is 2.36. The number of nitrogens with one attached hydrogen (secondary N) is 1. The van der Waals surface area contributed by atoms with Crippen molar-refractivity contribution in [1.29, 1.82) is 0 Å². The van der Waals surface area contributed by atoms with Crippen LogP contribution in [0, 0.1) is 6.92 Å². The number of aryl methyl sites for hydroxylation is 2. The molecule has 4 N–H and O–H groups in total. The van der Waals surface area contributed by atoms with Crippen LogP contribution in [0.1, 0.15) is 68.1 Å². The van der Waals surface area contributed by atoms with Crippen LogP contribution in [0.3, 0.4) is 0 Å². The summed E-state index contributed by atoms with van der Waals surface area (Å²) >= 11 is 1.41. The molecule has 0 fully saturated rings. The molecule has 1 unspecified atom stereocenters. The number of anilines is 1. The highest BCUT2D eigenvalue weighted by Gasteiger charge is 2.24. The second kappa shape index (κ2) is 8.02. The summed E-state index contributed by atoms with van der Waals surface area (Å²) in [4.78, 5) is 17.4. The number of urea groups is 1. The lowest BCUT2D eigenvalue weighted by molar-refractivity contribution is 0.0789. The van der Waals surface area contributed by atoms with Crippen molar-refractivity contribution in [2.75, 3.05) is 5.32 Å². The van der Waals surface area contributed by atoms with Crippen LogP contribution in [0.25, 0.3) is 0 Å². The van der Waals surface area contributed by atoms with Gasteiger partial charge in [-0.25, -0.2) is 4.79 Å². The molecule has 2 amide bonds. The fourth-order valence-corrected chi connectivity index (χ4v) is 5.59. The number of aliphatic hydroxyl groups is 1. The zero-order valence-electron chi connectivity index (χ0n) is 17.0. The maximum atomic E-state index is 12.7. The number of nitrogens with two attached hydrogens (primary N) is 1. The van der Waals surface area contributed by atoms with Crippen LogP contribution >= 0.6 is 11.3 Å². The molecule has 3 rings (SSSR count). The Hall–Kier alpha value is -1.61. The topological polar surface area (TPSA) is 101 Å². The maximum Gasteiger partial charge on any atom is 0.352 e. The minimum atomic E-state index is -1.07. The molecule has 0 bridgehead atoms.